The second kappa shape index (κ2) is 5.03. The van der Waals surface area contributed by atoms with Crippen LogP contribution in [-0.4, -0.2) is 10.4 Å². The summed E-state index contributed by atoms with van der Waals surface area (Å²) in [6.07, 6.45) is 3.31. The lowest BCUT2D eigenvalue weighted by molar-refractivity contribution is -0.123. The van der Waals surface area contributed by atoms with E-state index < -0.39 is 0 Å². The maximum absolute atomic E-state index is 12.1. The third kappa shape index (κ3) is 2.19. The van der Waals surface area contributed by atoms with Gasteiger partial charge in [0.05, 0.1) is 5.52 Å². The molecule has 0 radical (unpaired) electrons. The predicted molar refractivity (Wildman–Crippen MR) is 87.4 cm³/mol. The van der Waals surface area contributed by atoms with Crippen LogP contribution < -0.4 is 5.32 Å². The van der Waals surface area contributed by atoms with Crippen molar-refractivity contribution >= 4 is 22.5 Å². The zero-order valence-electron chi connectivity index (χ0n) is 13.1. The molecule has 0 atom stereocenters. The normalized spacial score (nSPS) is 17.2. The molecule has 22 heavy (non-hydrogen) atoms. The van der Waals surface area contributed by atoms with Crippen molar-refractivity contribution < 1.29 is 4.79 Å². The number of aromatic nitrogens is 1. The second-order valence-electron chi connectivity index (χ2n) is 6.45. The molecular formula is C18H19N3O. The number of allylic oxidation sites excluding steroid dienone is 2. The molecule has 4 heteroatoms. The Morgan fingerprint density at radius 1 is 1.32 bits per heavy atom. The van der Waals surface area contributed by atoms with Crippen molar-refractivity contribution in [1.82, 2.24) is 4.57 Å². The minimum Gasteiger partial charge on any atom is -0.344 e. The first kappa shape index (κ1) is 14.4. The monoisotopic (exact) mass is 293 g/mol. The summed E-state index contributed by atoms with van der Waals surface area (Å²) in [7, 11) is 1.93. The standard InChI is InChI=1S/C18H19N3O/c1-18(2)9-8-12(10-16(18)22)20-17-14(11-19)13-6-4-5-7-15(13)21(17)3/h4-7,10,20H,8-9H2,1-3H3. The number of ketones is 1. The van der Waals surface area contributed by atoms with Gasteiger partial charge in [-0.05, 0) is 18.9 Å². The number of nitrogens with zero attached hydrogens (tertiary/aromatic N) is 2. The van der Waals surface area contributed by atoms with E-state index in [1.807, 2.05) is 49.7 Å². The molecule has 1 N–H and O–H groups in total. The van der Waals surface area contributed by atoms with E-state index in [0.29, 0.717) is 5.56 Å². The molecule has 0 amide bonds. The maximum Gasteiger partial charge on any atom is 0.163 e. The summed E-state index contributed by atoms with van der Waals surface area (Å²) >= 11 is 0. The van der Waals surface area contributed by atoms with Gasteiger partial charge in [0.25, 0.3) is 0 Å². The van der Waals surface area contributed by atoms with Gasteiger partial charge in [0.1, 0.15) is 17.5 Å². The quantitative estimate of drug-likeness (QED) is 0.917. The number of hydrogen-bond donors (Lipinski definition) is 1. The molecule has 1 aromatic heterocycles. The Morgan fingerprint density at radius 3 is 2.73 bits per heavy atom. The topological polar surface area (TPSA) is 57.8 Å². The van der Waals surface area contributed by atoms with Crippen LogP contribution in [-0.2, 0) is 11.8 Å². The van der Waals surface area contributed by atoms with Crippen LogP contribution in [0.25, 0.3) is 10.9 Å². The van der Waals surface area contributed by atoms with E-state index in [2.05, 4.69) is 11.4 Å². The van der Waals surface area contributed by atoms with Crippen molar-refractivity contribution in [3.8, 4) is 6.07 Å². The lowest BCUT2D eigenvalue weighted by Crippen LogP contribution is -2.27. The van der Waals surface area contributed by atoms with Gasteiger partial charge in [0.2, 0.25) is 0 Å². The number of fused-ring (bicyclic) bond motifs is 1. The Kier molecular flexibility index (Phi) is 3.29. The van der Waals surface area contributed by atoms with E-state index in [1.165, 1.54) is 0 Å². The summed E-state index contributed by atoms with van der Waals surface area (Å²) in [5, 5.41) is 13.7. The SMILES string of the molecule is Cn1c(NC2=CC(=O)C(C)(C)CC2)c(C#N)c2ccccc21. The van der Waals surface area contributed by atoms with Crippen LogP contribution in [0.4, 0.5) is 5.82 Å². The molecule has 1 heterocycles. The van der Waals surface area contributed by atoms with E-state index in [9.17, 15) is 10.1 Å². The molecule has 0 saturated heterocycles. The number of benzene rings is 1. The summed E-state index contributed by atoms with van der Waals surface area (Å²) < 4.78 is 1.97. The number of nitrogens with one attached hydrogen (secondary N) is 1. The van der Waals surface area contributed by atoms with Crippen molar-refractivity contribution in [3.63, 3.8) is 0 Å². The largest absolute Gasteiger partial charge is 0.344 e. The van der Waals surface area contributed by atoms with Crippen LogP contribution in [0.5, 0.6) is 0 Å². The Morgan fingerprint density at radius 2 is 2.05 bits per heavy atom. The molecule has 4 nitrogen and oxygen atoms in total. The van der Waals surface area contributed by atoms with Gasteiger partial charge in [-0.2, -0.15) is 5.26 Å². The van der Waals surface area contributed by atoms with Gasteiger partial charge in [0, 0.05) is 29.6 Å². The zero-order valence-corrected chi connectivity index (χ0v) is 13.1. The van der Waals surface area contributed by atoms with Crippen molar-refractivity contribution in [3.05, 3.63) is 41.6 Å². The third-order valence-corrected chi connectivity index (χ3v) is 4.49. The van der Waals surface area contributed by atoms with E-state index >= 15 is 0 Å². The molecule has 112 valence electrons. The minimum absolute atomic E-state index is 0.138. The van der Waals surface area contributed by atoms with Gasteiger partial charge >= 0.3 is 0 Å². The highest BCUT2D eigenvalue weighted by molar-refractivity contribution is 5.97. The summed E-state index contributed by atoms with van der Waals surface area (Å²) in [4.78, 5) is 12.1. The highest BCUT2D eigenvalue weighted by Crippen LogP contribution is 2.34. The fourth-order valence-electron chi connectivity index (χ4n) is 2.90. The fraction of sp³-hybridized carbons (Fsp3) is 0.333. The van der Waals surface area contributed by atoms with E-state index in [4.69, 9.17) is 0 Å². The van der Waals surface area contributed by atoms with Gasteiger partial charge in [-0.3, -0.25) is 4.79 Å². The van der Waals surface area contributed by atoms with E-state index in [-0.39, 0.29) is 11.2 Å². The molecule has 0 spiro atoms. The number of nitriles is 1. The molecule has 1 aliphatic rings. The average molecular weight is 293 g/mol. The van der Waals surface area contributed by atoms with Gasteiger partial charge in [-0.25, -0.2) is 0 Å². The Labute approximate surface area is 130 Å². The number of rotatable bonds is 2. The molecule has 2 aromatic rings. The molecule has 1 aliphatic carbocycles. The first-order chi connectivity index (χ1) is 10.4. The number of carbonyl (C=O) groups is 1. The Hall–Kier alpha value is -2.54. The molecule has 0 bridgehead atoms. The van der Waals surface area contributed by atoms with Gasteiger partial charge in [-0.15, -0.1) is 0 Å². The molecule has 1 aromatic carbocycles. The lowest BCUT2D eigenvalue weighted by atomic mass is 9.79. The highest BCUT2D eigenvalue weighted by Gasteiger charge is 2.30. The summed E-state index contributed by atoms with van der Waals surface area (Å²) in [6.45, 7) is 3.94. The summed E-state index contributed by atoms with van der Waals surface area (Å²) in [5.74, 6) is 0.890. The maximum atomic E-state index is 12.1. The van der Waals surface area contributed by atoms with Crippen LogP contribution in [0.15, 0.2) is 36.0 Å². The second-order valence-corrected chi connectivity index (χ2v) is 6.45. The van der Waals surface area contributed by atoms with E-state index in [1.54, 1.807) is 6.08 Å². The van der Waals surface area contributed by atoms with Gasteiger partial charge < -0.3 is 9.88 Å². The lowest BCUT2D eigenvalue weighted by Gasteiger charge is -2.27. The molecular weight excluding hydrogens is 274 g/mol. The predicted octanol–water partition coefficient (Wildman–Crippen LogP) is 3.73. The summed E-state index contributed by atoms with van der Waals surface area (Å²) in [5.41, 5.74) is 2.22. The number of aryl methyl sites for hydroxylation is 1. The van der Waals surface area contributed by atoms with Crippen molar-refractivity contribution in [2.45, 2.75) is 26.7 Å². The van der Waals surface area contributed by atoms with Crippen molar-refractivity contribution in [2.24, 2.45) is 12.5 Å². The third-order valence-electron chi connectivity index (χ3n) is 4.49. The first-order valence-electron chi connectivity index (χ1n) is 7.43. The van der Waals surface area contributed by atoms with E-state index in [0.717, 1.165) is 35.3 Å². The number of anilines is 1. The highest BCUT2D eigenvalue weighted by atomic mass is 16.1. The minimum atomic E-state index is -0.290. The van der Waals surface area contributed by atoms with Crippen molar-refractivity contribution in [1.29, 1.82) is 5.26 Å². The molecule has 0 unspecified atom stereocenters. The average Bonchev–Trinajstić information content (AvgIpc) is 2.76. The van der Waals surface area contributed by atoms with Crippen LogP contribution >= 0.6 is 0 Å². The zero-order chi connectivity index (χ0) is 15.9. The first-order valence-corrected chi connectivity index (χ1v) is 7.43. The van der Waals surface area contributed by atoms with Gasteiger partial charge in [-0.1, -0.05) is 32.0 Å². The van der Waals surface area contributed by atoms with Crippen LogP contribution in [0.2, 0.25) is 0 Å². The summed E-state index contributed by atoms with van der Waals surface area (Å²) in [6, 6.07) is 10.1. The fourth-order valence-corrected chi connectivity index (χ4v) is 2.90. The van der Waals surface area contributed by atoms with Gasteiger partial charge in [0.15, 0.2) is 5.78 Å². The Bertz CT molecular complexity index is 834. The number of para-hydroxylation sites is 1. The van der Waals surface area contributed by atoms with Crippen LogP contribution in [0.3, 0.4) is 0 Å². The van der Waals surface area contributed by atoms with Crippen molar-refractivity contribution in [2.75, 3.05) is 5.32 Å². The molecule has 0 aliphatic heterocycles. The Balaban J connectivity index is 2.04. The smallest absolute Gasteiger partial charge is 0.163 e. The van der Waals surface area contributed by atoms with Crippen LogP contribution in [0.1, 0.15) is 32.3 Å². The molecule has 0 fully saturated rings. The van der Waals surface area contributed by atoms with Crippen LogP contribution in [0, 0.1) is 16.7 Å². The number of carbonyl (C=O) groups excluding carboxylic acids is 1. The number of hydrogen-bond acceptors (Lipinski definition) is 3. The molecule has 0 saturated carbocycles. The molecule has 3 rings (SSSR count).